The molecule has 5 rings (SSSR count). The van der Waals surface area contributed by atoms with Crippen molar-refractivity contribution in [1.82, 2.24) is 30.2 Å². The normalized spacial score (nSPS) is 11.6. The van der Waals surface area contributed by atoms with Crippen LogP contribution in [0.2, 0.25) is 0 Å². The number of tetrazole rings is 1. The van der Waals surface area contributed by atoms with Crippen molar-refractivity contribution in [3.8, 4) is 22.5 Å². The van der Waals surface area contributed by atoms with Crippen molar-refractivity contribution in [2.75, 3.05) is 0 Å². The monoisotopic (exact) mass is 544 g/mol. The summed E-state index contributed by atoms with van der Waals surface area (Å²) in [5.74, 6) is -0.0961. The Morgan fingerprint density at radius 3 is 2.42 bits per heavy atom. The fraction of sp³-hybridized carbons (Fsp3) is 0.286. The first-order valence-corrected chi connectivity index (χ1v) is 12.7. The fourth-order valence-corrected chi connectivity index (χ4v) is 4.59. The molecule has 0 radical (unpaired) electrons. The van der Waals surface area contributed by atoms with E-state index in [0.29, 0.717) is 30.3 Å². The lowest BCUT2D eigenvalue weighted by molar-refractivity contribution is 0.0396. The predicted octanol–water partition coefficient (Wildman–Crippen LogP) is 3.78. The highest BCUT2D eigenvalue weighted by Gasteiger charge is 2.33. The van der Waals surface area contributed by atoms with Crippen LogP contribution in [0, 0.1) is 6.92 Å². The number of aryl methyl sites for hydroxylation is 2. The molecular formula is C28H28N6O6. The minimum absolute atomic E-state index is 0.000871. The number of aromatic nitrogens is 6. The fourth-order valence-electron chi connectivity index (χ4n) is 4.59. The zero-order valence-corrected chi connectivity index (χ0v) is 22.5. The van der Waals surface area contributed by atoms with E-state index in [1.54, 1.807) is 13.8 Å². The quantitative estimate of drug-likeness (QED) is 0.261. The minimum Gasteiger partial charge on any atom is -0.453 e. The number of carbonyl (C=O) groups excluding carboxylic acids is 1. The molecule has 0 spiro atoms. The summed E-state index contributed by atoms with van der Waals surface area (Å²) in [6.07, 6.45) is 0.517. The van der Waals surface area contributed by atoms with Gasteiger partial charge in [-0.15, -0.1) is 5.10 Å². The Hall–Kier alpha value is -4.84. The van der Waals surface area contributed by atoms with Gasteiger partial charge in [-0.2, -0.15) is 0 Å². The number of ether oxygens (including phenoxy) is 1. The molecule has 2 aromatic carbocycles. The third-order valence-electron chi connectivity index (χ3n) is 6.44. The molecule has 0 aliphatic heterocycles. The van der Waals surface area contributed by atoms with Crippen LogP contribution >= 0.6 is 0 Å². The third-order valence-corrected chi connectivity index (χ3v) is 6.44. The second-order valence-electron chi connectivity index (χ2n) is 9.73. The summed E-state index contributed by atoms with van der Waals surface area (Å²) in [6, 6.07) is 15.8. The first-order valence-electron chi connectivity index (χ1n) is 12.7. The number of carbonyl (C=O) groups is 1. The number of rotatable bonds is 9. The lowest BCUT2D eigenvalue weighted by Crippen LogP contribution is -2.25. The third kappa shape index (κ3) is 5.34. The van der Waals surface area contributed by atoms with Crippen molar-refractivity contribution in [2.45, 2.75) is 52.9 Å². The van der Waals surface area contributed by atoms with Gasteiger partial charge in [0.25, 0.3) is 0 Å². The lowest BCUT2D eigenvalue weighted by atomic mass is 9.98. The Labute approximate surface area is 228 Å². The second-order valence-corrected chi connectivity index (χ2v) is 9.73. The van der Waals surface area contributed by atoms with Gasteiger partial charge in [-0.05, 0) is 47.9 Å². The number of esters is 1. The maximum atomic E-state index is 13.1. The highest BCUT2D eigenvalue weighted by Crippen LogP contribution is 2.31. The van der Waals surface area contributed by atoms with Gasteiger partial charge in [0.1, 0.15) is 11.4 Å². The summed E-state index contributed by atoms with van der Waals surface area (Å²) in [5.41, 5.74) is 2.68. The molecule has 3 heterocycles. The van der Waals surface area contributed by atoms with E-state index in [4.69, 9.17) is 13.6 Å². The Balaban J connectivity index is 1.44. The van der Waals surface area contributed by atoms with Crippen molar-refractivity contribution in [3.05, 3.63) is 93.4 Å². The topological polar surface area (TPSA) is 162 Å². The van der Waals surface area contributed by atoms with Gasteiger partial charge in [0.05, 0.1) is 5.69 Å². The second kappa shape index (κ2) is 10.7. The van der Waals surface area contributed by atoms with Crippen molar-refractivity contribution < 1.29 is 23.5 Å². The summed E-state index contributed by atoms with van der Waals surface area (Å²) in [6.45, 7) is 6.71. The molecule has 0 fully saturated rings. The standard InChI is InChI=1S/C28H28N6O6/c1-5-22-29-23(26(35)38-15-21-16(2)39-27(36)40-21)24(28(3,4)37)34(22)14-17-10-12-18(13-11-17)19-8-6-7-9-20(19)25-30-32-33-31-25/h6-13,37H,5,14-15H2,1-4H3,(H,30,31,32,33). The SMILES string of the molecule is CCc1nc(C(=O)OCc2oc(=O)oc2C)c(C(C)(C)O)n1Cc1ccc(-c2ccccc2-c2nnn[nH]2)cc1. The van der Waals surface area contributed by atoms with Gasteiger partial charge in [-0.3, -0.25) is 0 Å². The summed E-state index contributed by atoms with van der Waals surface area (Å²) in [5, 5.41) is 25.3. The average Bonchev–Trinajstić information content (AvgIpc) is 3.66. The molecular weight excluding hydrogens is 516 g/mol. The van der Waals surface area contributed by atoms with E-state index in [1.165, 1.54) is 6.92 Å². The maximum Gasteiger partial charge on any atom is 0.519 e. The molecule has 5 aromatic rings. The van der Waals surface area contributed by atoms with Crippen LogP contribution in [0.15, 0.2) is 62.2 Å². The number of hydrogen-bond acceptors (Lipinski definition) is 10. The van der Waals surface area contributed by atoms with Crippen molar-refractivity contribution >= 4 is 5.97 Å². The Bertz CT molecular complexity index is 1690. The van der Waals surface area contributed by atoms with E-state index in [9.17, 15) is 14.7 Å². The number of aliphatic hydroxyl groups is 1. The number of benzene rings is 2. The van der Waals surface area contributed by atoms with Crippen LogP contribution in [0.3, 0.4) is 0 Å². The van der Waals surface area contributed by atoms with Gasteiger partial charge in [0.15, 0.2) is 29.6 Å². The van der Waals surface area contributed by atoms with Gasteiger partial charge >= 0.3 is 11.8 Å². The molecule has 0 aliphatic rings. The van der Waals surface area contributed by atoms with Gasteiger partial charge in [-0.1, -0.05) is 55.5 Å². The number of hydrogen-bond donors (Lipinski definition) is 2. The average molecular weight is 545 g/mol. The van der Waals surface area contributed by atoms with Crippen LogP contribution < -0.4 is 5.82 Å². The molecule has 2 N–H and O–H groups in total. The number of imidazole rings is 1. The van der Waals surface area contributed by atoms with Gasteiger partial charge in [0, 0.05) is 18.5 Å². The molecule has 3 aromatic heterocycles. The van der Waals surface area contributed by atoms with Crippen LogP contribution in [-0.4, -0.2) is 41.3 Å². The smallest absolute Gasteiger partial charge is 0.453 e. The lowest BCUT2D eigenvalue weighted by Gasteiger charge is -2.22. The number of H-pyrrole nitrogens is 1. The summed E-state index contributed by atoms with van der Waals surface area (Å²) in [7, 11) is 0. The molecule has 0 saturated carbocycles. The van der Waals surface area contributed by atoms with E-state index < -0.39 is 17.4 Å². The Morgan fingerprint density at radius 1 is 1.10 bits per heavy atom. The van der Waals surface area contributed by atoms with Crippen LogP contribution in [0.5, 0.6) is 0 Å². The summed E-state index contributed by atoms with van der Waals surface area (Å²) >= 11 is 0. The number of nitrogens with zero attached hydrogens (tertiary/aromatic N) is 5. The molecule has 0 unspecified atom stereocenters. The Kier molecular flexibility index (Phi) is 7.18. The molecule has 0 saturated heterocycles. The van der Waals surface area contributed by atoms with Gasteiger partial charge in [-0.25, -0.2) is 19.7 Å². The van der Waals surface area contributed by atoms with Crippen LogP contribution in [0.4, 0.5) is 0 Å². The van der Waals surface area contributed by atoms with Crippen LogP contribution in [-0.2, 0) is 29.9 Å². The van der Waals surface area contributed by atoms with Gasteiger partial charge < -0.3 is 23.2 Å². The first kappa shape index (κ1) is 26.8. The highest BCUT2D eigenvalue weighted by molar-refractivity contribution is 5.89. The molecule has 0 amide bonds. The van der Waals surface area contributed by atoms with Gasteiger partial charge in [0.2, 0.25) is 0 Å². The van der Waals surface area contributed by atoms with E-state index in [1.807, 2.05) is 60.0 Å². The van der Waals surface area contributed by atoms with E-state index >= 15 is 0 Å². The predicted molar refractivity (Wildman–Crippen MR) is 142 cm³/mol. The van der Waals surface area contributed by atoms with Crippen molar-refractivity contribution in [2.24, 2.45) is 0 Å². The molecule has 0 aliphatic carbocycles. The highest BCUT2D eigenvalue weighted by atomic mass is 16.6. The summed E-state index contributed by atoms with van der Waals surface area (Å²) in [4.78, 5) is 28.9. The molecule has 12 nitrogen and oxygen atoms in total. The van der Waals surface area contributed by atoms with Crippen molar-refractivity contribution in [1.29, 1.82) is 0 Å². The number of aromatic amines is 1. The van der Waals surface area contributed by atoms with Crippen LogP contribution in [0.25, 0.3) is 22.5 Å². The minimum atomic E-state index is -1.41. The maximum absolute atomic E-state index is 13.1. The van der Waals surface area contributed by atoms with Crippen LogP contribution in [0.1, 0.15) is 59.9 Å². The van der Waals surface area contributed by atoms with E-state index in [0.717, 1.165) is 22.3 Å². The molecule has 40 heavy (non-hydrogen) atoms. The zero-order chi connectivity index (χ0) is 28.4. The largest absolute Gasteiger partial charge is 0.519 e. The Morgan fingerprint density at radius 2 is 1.82 bits per heavy atom. The zero-order valence-electron chi connectivity index (χ0n) is 22.5. The summed E-state index contributed by atoms with van der Waals surface area (Å²) < 4.78 is 16.9. The molecule has 206 valence electrons. The molecule has 12 heteroatoms. The first-order chi connectivity index (χ1) is 19.2. The van der Waals surface area contributed by atoms with E-state index in [2.05, 4.69) is 25.6 Å². The van der Waals surface area contributed by atoms with Crippen molar-refractivity contribution in [3.63, 3.8) is 0 Å². The van der Waals surface area contributed by atoms with E-state index in [-0.39, 0.29) is 23.8 Å². The molecule has 0 atom stereocenters. The number of nitrogens with one attached hydrogen (secondary N) is 1. The molecule has 0 bridgehead atoms.